The van der Waals surface area contributed by atoms with Crippen molar-refractivity contribution in [3.63, 3.8) is 0 Å². The van der Waals surface area contributed by atoms with Crippen LogP contribution in [0.3, 0.4) is 0 Å². The number of carbonyl (C=O) groups is 3. The summed E-state index contributed by atoms with van der Waals surface area (Å²) >= 11 is 0. The summed E-state index contributed by atoms with van der Waals surface area (Å²) in [5.74, 6) is 0.877. The lowest BCUT2D eigenvalue weighted by atomic mass is 10.1. The molecule has 1 N–H and O–H groups in total. The smallest absolute Gasteiger partial charge is 0.256 e. The number of nitrogens with one attached hydrogen (secondary N) is 1. The molecule has 2 aliphatic rings. The molecular formula is C29H29N3O5. The van der Waals surface area contributed by atoms with Crippen LogP contribution in [0.1, 0.15) is 44.7 Å². The van der Waals surface area contributed by atoms with E-state index in [1.165, 1.54) is 0 Å². The van der Waals surface area contributed by atoms with Crippen molar-refractivity contribution in [2.75, 3.05) is 25.7 Å². The number of amides is 3. The highest BCUT2D eigenvalue weighted by atomic mass is 16.5. The molecule has 0 spiro atoms. The van der Waals surface area contributed by atoms with Crippen molar-refractivity contribution >= 4 is 23.4 Å². The largest absolute Gasteiger partial charge is 0.497 e. The van der Waals surface area contributed by atoms with Crippen molar-refractivity contribution in [1.82, 2.24) is 10.2 Å². The molecule has 0 bridgehead atoms. The van der Waals surface area contributed by atoms with Gasteiger partial charge in [0.15, 0.2) is 0 Å². The third-order valence-corrected chi connectivity index (χ3v) is 6.95. The molecule has 0 aromatic heterocycles. The van der Waals surface area contributed by atoms with Crippen molar-refractivity contribution in [3.05, 3.63) is 89.0 Å². The third kappa shape index (κ3) is 4.74. The molecule has 0 aliphatic carbocycles. The van der Waals surface area contributed by atoms with Gasteiger partial charge >= 0.3 is 0 Å². The van der Waals surface area contributed by atoms with E-state index in [9.17, 15) is 14.4 Å². The zero-order valence-electron chi connectivity index (χ0n) is 20.9. The van der Waals surface area contributed by atoms with Gasteiger partial charge in [0.2, 0.25) is 5.91 Å². The fourth-order valence-corrected chi connectivity index (χ4v) is 5.04. The highest BCUT2D eigenvalue weighted by Gasteiger charge is 2.41. The topological polar surface area (TPSA) is 88.2 Å². The molecule has 3 aromatic rings. The Kier molecular flexibility index (Phi) is 6.81. The van der Waals surface area contributed by atoms with E-state index in [2.05, 4.69) is 5.32 Å². The van der Waals surface area contributed by atoms with Crippen LogP contribution in [0, 0.1) is 0 Å². The Balaban J connectivity index is 1.35. The molecule has 37 heavy (non-hydrogen) atoms. The quantitative estimate of drug-likeness (QED) is 0.535. The predicted molar refractivity (Wildman–Crippen MR) is 139 cm³/mol. The molecule has 1 atom stereocenters. The van der Waals surface area contributed by atoms with Gasteiger partial charge in [-0.3, -0.25) is 14.4 Å². The minimum Gasteiger partial charge on any atom is -0.497 e. The molecule has 0 saturated carbocycles. The monoisotopic (exact) mass is 499 g/mol. The minimum atomic E-state index is -0.453. The van der Waals surface area contributed by atoms with E-state index in [0.29, 0.717) is 41.3 Å². The summed E-state index contributed by atoms with van der Waals surface area (Å²) in [5.41, 5.74) is 3.25. The lowest BCUT2D eigenvalue weighted by molar-refractivity contribution is -0.122. The van der Waals surface area contributed by atoms with Crippen molar-refractivity contribution in [2.45, 2.75) is 32.0 Å². The Morgan fingerprint density at radius 1 is 1.00 bits per heavy atom. The Morgan fingerprint density at radius 2 is 1.84 bits per heavy atom. The molecule has 0 radical (unpaired) electrons. The lowest BCUT2D eigenvalue weighted by Crippen LogP contribution is -2.44. The summed E-state index contributed by atoms with van der Waals surface area (Å²) in [7, 11) is 3.16. The first-order valence-corrected chi connectivity index (χ1v) is 12.3. The van der Waals surface area contributed by atoms with Crippen molar-refractivity contribution < 1.29 is 23.9 Å². The normalized spacial score (nSPS) is 16.6. The molecule has 3 aromatic carbocycles. The van der Waals surface area contributed by atoms with E-state index in [1.54, 1.807) is 54.4 Å². The fraction of sp³-hybridized carbons (Fsp3) is 0.276. The van der Waals surface area contributed by atoms with Crippen molar-refractivity contribution in [2.24, 2.45) is 0 Å². The summed E-state index contributed by atoms with van der Waals surface area (Å²) in [6.45, 7) is 1.14. The maximum atomic E-state index is 13.6. The summed E-state index contributed by atoms with van der Waals surface area (Å²) in [6.07, 6.45) is 1.47. The number of hydrogen-bond acceptors (Lipinski definition) is 5. The Morgan fingerprint density at radius 3 is 2.65 bits per heavy atom. The van der Waals surface area contributed by atoms with Gasteiger partial charge in [0, 0.05) is 30.3 Å². The number of ether oxygens (including phenoxy) is 2. The number of benzene rings is 3. The minimum absolute atomic E-state index is 0.0859. The molecule has 1 saturated heterocycles. The van der Waals surface area contributed by atoms with Gasteiger partial charge in [0.25, 0.3) is 11.8 Å². The van der Waals surface area contributed by atoms with Crippen LogP contribution in [-0.4, -0.2) is 49.4 Å². The molecule has 0 unspecified atom stereocenters. The maximum absolute atomic E-state index is 13.6. The number of para-hydroxylation sites is 1. The van der Waals surface area contributed by atoms with Crippen molar-refractivity contribution in [3.8, 4) is 11.5 Å². The molecule has 190 valence electrons. The van der Waals surface area contributed by atoms with Gasteiger partial charge in [-0.05, 0) is 54.8 Å². The second-order valence-corrected chi connectivity index (χ2v) is 9.16. The Bertz CT molecular complexity index is 1350. The standard InChI is InChI=1S/C29H29N3O5/c1-36-22-13-12-21(26(16-22)37-2)17-30-27(33)20-8-5-7-19(15-20)18-32-24-10-4-3-9-23(24)28(34)31-14-6-11-25(31)29(32)35/h3-5,7-10,12-13,15-16,25H,6,11,14,17-18H2,1-2H3,(H,30,33)/t25-/m1/s1. The number of fused-ring (bicyclic) bond motifs is 2. The molecule has 8 nitrogen and oxygen atoms in total. The Labute approximate surface area is 215 Å². The lowest BCUT2D eigenvalue weighted by Gasteiger charge is -2.26. The third-order valence-electron chi connectivity index (χ3n) is 6.95. The van der Waals surface area contributed by atoms with Gasteiger partial charge in [-0.25, -0.2) is 0 Å². The number of carbonyl (C=O) groups excluding carboxylic acids is 3. The van der Waals surface area contributed by atoms with Crippen LogP contribution < -0.4 is 19.7 Å². The number of hydrogen-bond donors (Lipinski definition) is 1. The zero-order valence-corrected chi connectivity index (χ0v) is 20.9. The van der Waals surface area contributed by atoms with Crippen molar-refractivity contribution in [1.29, 1.82) is 0 Å². The second-order valence-electron chi connectivity index (χ2n) is 9.16. The maximum Gasteiger partial charge on any atom is 0.256 e. The van der Waals surface area contributed by atoms with Gasteiger partial charge in [0.1, 0.15) is 17.5 Å². The summed E-state index contributed by atoms with van der Waals surface area (Å²) in [5, 5.41) is 2.94. The zero-order chi connectivity index (χ0) is 25.9. The van der Waals surface area contributed by atoms with E-state index in [4.69, 9.17) is 9.47 Å². The number of methoxy groups -OCH3 is 2. The van der Waals surface area contributed by atoms with Gasteiger partial charge in [0.05, 0.1) is 32.0 Å². The molecular weight excluding hydrogens is 470 g/mol. The average molecular weight is 500 g/mol. The van der Waals surface area contributed by atoms with E-state index >= 15 is 0 Å². The average Bonchev–Trinajstić information content (AvgIpc) is 3.41. The van der Waals surface area contributed by atoms with E-state index in [0.717, 1.165) is 17.5 Å². The SMILES string of the molecule is COc1ccc(CNC(=O)c2cccc(CN3C(=O)[C@H]4CCCN4C(=O)c4ccccc43)c2)c(OC)c1. The first-order valence-electron chi connectivity index (χ1n) is 12.3. The predicted octanol–water partition coefficient (Wildman–Crippen LogP) is 3.79. The van der Waals surface area contributed by atoms with Crippen LogP contribution in [-0.2, 0) is 17.9 Å². The molecule has 3 amide bonds. The van der Waals surface area contributed by atoms with Crippen LogP contribution in [0.25, 0.3) is 0 Å². The van der Waals surface area contributed by atoms with E-state index in [-0.39, 0.29) is 30.8 Å². The molecule has 2 heterocycles. The van der Waals surface area contributed by atoms with Gasteiger partial charge in [-0.1, -0.05) is 24.3 Å². The summed E-state index contributed by atoms with van der Waals surface area (Å²) in [4.78, 5) is 43.1. The first-order chi connectivity index (χ1) is 18.0. The fourth-order valence-electron chi connectivity index (χ4n) is 5.04. The van der Waals surface area contributed by atoms with Gasteiger partial charge in [-0.2, -0.15) is 0 Å². The molecule has 5 rings (SSSR count). The van der Waals surface area contributed by atoms with Gasteiger partial charge < -0.3 is 24.6 Å². The van der Waals surface area contributed by atoms with E-state index in [1.807, 2.05) is 36.4 Å². The van der Waals surface area contributed by atoms with Crippen LogP contribution in [0.2, 0.25) is 0 Å². The van der Waals surface area contributed by atoms with Gasteiger partial charge in [-0.15, -0.1) is 0 Å². The number of rotatable bonds is 7. The second kappa shape index (κ2) is 10.3. The van der Waals surface area contributed by atoms with Crippen LogP contribution in [0.15, 0.2) is 66.7 Å². The van der Waals surface area contributed by atoms with Crippen LogP contribution >= 0.6 is 0 Å². The van der Waals surface area contributed by atoms with Crippen LogP contribution in [0.4, 0.5) is 5.69 Å². The highest BCUT2D eigenvalue weighted by molar-refractivity contribution is 6.11. The first kappa shape index (κ1) is 24.4. The summed E-state index contributed by atoms with van der Waals surface area (Å²) < 4.78 is 10.7. The number of nitrogens with zero attached hydrogens (tertiary/aromatic N) is 2. The van der Waals surface area contributed by atoms with Crippen LogP contribution in [0.5, 0.6) is 11.5 Å². The summed E-state index contributed by atoms with van der Waals surface area (Å²) in [6, 6.07) is 19.4. The Hall–Kier alpha value is -4.33. The number of anilines is 1. The molecule has 2 aliphatic heterocycles. The van der Waals surface area contributed by atoms with E-state index < -0.39 is 6.04 Å². The highest BCUT2D eigenvalue weighted by Crippen LogP contribution is 2.33. The molecule has 8 heteroatoms. The molecule has 1 fully saturated rings.